The monoisotopic (exact) mass is 224 g/mol. The van der Waals surface area contributed by atoms with Gasteiger partial charge in [0.1, 0.15) is 5.82 Å². The first-order valence-electron chi connectivity index (χ1n) is 5.59. The molecule has 1 heterocycles. The maximum atomic E-state index is 11.0. The molecule has 4 heteroatoms. The van der Waals surface area contributed by atoms with Crippen molar-refractivity contribution in [2.24, 2.45) is 5.41 Å². The van der Waals surface area contributed by atoms with E-state index in [4.69, 9.17) is 5.11 Å². The molecule has 1 aromatic rings. The third-order valence-electron chi connectivity index (χ3n) is 2.82. The van der Waals surface area contributed by atoms with E-state index in [0.29, 0.717) is 18.9 Å². The third kappa shape index (κ3) is 2.84. The molecule has 1 N–H and O–H groups in total. The number of rotatable bonds is 5. The molecule has 4 nitrogen and oxygen atoms in total. The van der Waals surface area contributed by atoms with E-state index in [2.05, 4.69) is 18.8 Å². The minimum absolute atomic E-state index is 0.364. The van der Waals surface area contributed by atoms with Crippen molar-refractivity contribution >= 4 is 5.97 Å². The van der Waals surface area contributed by atoms with Crippen molar-refractivity contribution < 1.29 is 9.90 Å². The minimum atomic E-state index is -0.751. The summed E-state index contributed by atoms with van der Waals surface area (Å²) in [4.78, 5) is 15.3. The number of carbonyl (C=O) groups is 1. The normalized spacial score (nSPS) is 12.1. The van der Waals surface area contributed by atoms with Crippen LogP contribution in [0.5, 0.6) is 0 Å². The highest BCUT2D eigenvalue weighted by molar-refractivity contribution is 5.73. The average Bonchev–Trinajstić information content (AvgIpc) is 2.62. The summed E-state index contributed by atoms with van der Waals surface area (Å²) in [6, 6.07) is 0. The number of hydrogen-bond acceptors (Lipinski definition) is 2. The molecule has 1 rings (SSSR count). The van der Waals surface area contributed by atoms with Gasteiger partial charge in [-0.1, -0.05) is 13.8 Å². The van der Waals surface area contributed by atoms with Crippen molar-refractivity contribution in [1.82, 2.24) is 9.55 Å². The highest BCUT2D eigenvalue weighted by Gasteiger charge is 2.26. The van der Waals surface area contributed by atoms with Crippen LogP contribution in [0.4, 0.5) is 0 Å². The van der Waals surface area contributed by atoms with Crippen molar-refractivity contribution in [1.29, 1.82) is 0 Å². The maximum absolute atomic E-state index is 11.0. The fourth-order valence-electron chi connectivity index (χ4n) is 1.52. The number of aliphatic carboxylic acids is 1. The number of nitrogens with zero attached hydrogens (tertiary/aromatic N) is 2. The van der Waals surface area contributed by atoms with Crippen LogP contribution >= 0.6 is 0 Å². The maximum Gasteiger partial charge on any atom is 0.309 e. The molecular formula is C12H20N2O2. The van der Waals surface area contributed by atoms with Gasteiger partial charge in [-0.3, -0.25) is 4.79 Å². The number of imidazole rings is 1. The zero-order valence-corrected chi connectivity index (χ0v) is 10.4. The molecule has 0 saturated carbocycles. The predicted octanol–water partition coefficient (Wildman–Crippen LogP) is 2.51. The molecule has 0 aliphatic heterocycles. The molecular weight excluding hydrogens is 204 g/mol. The van der Waals surface area contributed by atoms with E-state index in [0.717, 1.165) is 5.82 Å². The summed E-state index contributed by atoms with van der Waals surface area (Å²) in [5.74, 6) is 0.628. The first-order valence-corrected chi connectivity index (χ1v) is 5.59. The Morgan fingerprint density at radius 2 is 2.19 bits per heavy atom. The molecule has 0 aromatic carbocycles. The van der Waals surface area contributed by atoms with E-state index in [-0.39, 0.29) is 0 Å². The Kier molecular flexibility index (Phi) is 3.73. The summed E-state index contributed by atoms with van der Waals surface area (Å²) in [6.45, 7) is 8.37. The number of aryl methyl sites for hydroxylation is 1. The summed E-state index contributed by atoms with van der Waals surface area (Å²) in [7, 11) is 0. The van der Waals surface area contributed by atoms with Crippen LogP contribution in [0.3, 0.4) is 0 Å². The van der Waals surface area contributed by atoms with Crippen LogP contribution in [0.1, 0.15) is 45.9 Å². The topological polar surface area (TPSA) is 55.1 Å². The van der Waals surface area contributed by atoms with E-state index in [1.54, 1.807) is 20.0 Å². The number of hydrogen-bond donors (Lipinski definition) is 1. The lowest BCUT2D eigenvalue weighted by Crippen LogP contribution is -2.25. The Balaban J connectivity index is 2.68. The Hall–Kier alpha value is -1.32. The Morgan fingerprint density at radius 3 is 2.69 bits per heavy atom. The summed E-state index contributed by atoms with van der Waals surface area (Å²) < 4.78 is 2.04. The summed E-state index contributed by atoms with van der Waals surface area (Å²) in [6.07, 6.45) is 4.29. The molecule has 0 spiro atoms. The van der Waals surface area contributed by atoms with Gasteiger partial charge in [-0.25, -0.2) is 4.98 Å². The number of aromatic nitrogens is 2. The highest BCUT2D eigenvalue weighted by atomic mass is 16.4. The Labute approximate surface area is 96.3 Å². The molecule has 0 radical (unpaired) electrons. The van der Waals surface area contributed by atoms with E-state index in [1.807, 2.05) is 10.8 Å². The lowest BCUT2D eigenvalue weighted by molar-refractivity contribution is -0.147. The number of carboxylic acid groups (broad SMARTS) is 1. The molecule has 0 atom stereocenters. The molecule has 90 valence electrons. The lowest BCUT2D eigenvalue weighted by atomic mass is 9.89. The van der Waals surface area contributed by atoms with Gasteiger partial charge in [-0.05, 0) is 20.3 Å². The van der Waals surface area contributed by atoms with Crippen LogP contribution < -0.4 is 0 Å². The molecule has 0 unspecified atom stereocenters. The second-order valence-corrected chi connectivity index (χ2v) is 5.07. The Morgan fingerprint density at radius 1 is 1.56 bits per heavy atom. The van der Waals surface area contributed by atoms with E-state index in [9.17, 15) is 4.79 Å². The van der Waals surface area contributed by atoms with Crippen LogP contribution in [0.15, 0.2) is 12.4 Å². The molecule has 0 bridgehead atoms. The van der Waals surface area contributed by atoms with Crippen LogP contribution in [0.25, 0.3) is 0 Å². The van der Waals surface area contributed by atoms with Crippen molar-refractivity contribution in [3.63, 3.8) is 0 Å². The standard InChI is InChI=1S/C12H20N2O2/c1-9(2)10-13-6-8-14(10)7-5-12(3,4)11(15)16/h6,8-9H,5,7H2,1-4H3,(H,15,16). The van der Waals surface area contributed by atoms with E-state index in [1.165, 1.54) is 0 Å². The molecule has 1 aromatic heterocycles. The van der Waals surface area contributed by atoms with Crippen LogP contribution in [-0.2, 0) is 11.3 Å². The van der Waals surface area contributed by atoms with Gasteiger partial charge in [0.15, 0.2) is 0 Å². The van der Waals surface area contributed by atoms with Crippen LogP contribution in [0, 0.1) is 5.41 Å². The summed E-state index contributed by atoms with van der Waals surface area (Å²) in [5.41, 5.74) is -0.682. The first kappa shape index (κ1) is 12.7. The predicted molar refractivity (Wildman–Crippen MR) is 62.3 cm³/mol. The van der Waals surface area contributed by atoms with Gasteiger partial charge in [-0.15, -0.1) is 0 Å². The van der Waals surface area contributed by atoms with Gasteiger partial charge in [0.2, 0.25) is 0 Å². The minimum Gasteiger partial charge on any atom is -0.481 e. The molecule has 0 amide bonds. The SMILES string of the molecule is CC(C)c1nccn1CCC(C)(C)C(=O)O. The van der Waals surface area contributed by atoms with Gasteiger partial charge in [0.25, 0.3) is 0 Å². The van der Waals surface area contributed by atoms with Gasteiger partial charge >= 0.3 is 5.97 Å². The number of carboxylic acids is 1. The van der Waals surface area contributed by atoms with Crippen LogP contribution in [0.2, 0.25) is 0 Å². The fraction of sp³-hybridized carbons (Fsp3) is 0.667. The van der Waals surface area contributed by atoms with Gasteiger partial charge in [0.05, 0.1) is 5.41 Å². The molecule has 0 aliphatic carbocycles. The second kappa shape index (κ2) is 4.68. The molecule has 16 heavy (non-hydrogen) atoms. The third-order valence-corrected chi connectivity index (χ3v) is 2.82. The quantitative estimate of drug-likeness (QED) is 0.836. The average molecular weight is 224 g/mol. The van der Waals surface area contributed by atoms with E-state index >= 15 is 0 Å². The molecule has 0 fully saturated rings. The molecule has 0 aliphatic rings. The van der Waals surface area contributed by atoms with Gasteiger partial charge < -0.3 is 9.67 Å². The smallest absolute Gasteiger partial charge is 0.309 e. The van der Waals surface area contributed by atoms with Crippen molar-refractivity contribution in [3.05, 3.63) is 18.2 Å². The van der Waals surface area contributed by atoms with Crippen LogP contribution in [-0.4, -0.2) is 20.6 Å². The first-order chi connectivity index (χ1) is 7.34. The fourth-order valence-corrected chi connectivity index (χ4v) is 1.52. The second-order valence-electron chi connectivity index (χ2n) is 5.07. The summed E-state index contributed by atoms with van der Waals surface area (Å²) >= 11 is 0. The highest BCUT2D eigenvalue weighted by Crippen LogP contribution is 2.22. The van der Waals surface area contributed by atoms with E-state index < -0.39 is 11.4 Å². The lowest BCUT2D eigenvalue weighted by Gasteiger charge is -2.20. The van der Waals surface area contributed by atoms with Gasteiger partial charge in [0, 0.05) is 24.9 Å². The van der Waals surface area contributed by atoms with Crippen molar-refractivity contribution in [3.8, 4) is 0 Å². The van der Waals surface area contributed by atoms with Crippen molar-refractivity contribution in [2.75, 3.05) is 0 Å². The molecule has 0 saturated heterocycles. The zero-order valence-electron chi connectivity index (χ0n) is 10.4. The Bertz CT molecular complexity index is 367. The summed E-state index contributed by atoms with van der Waals surface area (Å²) in [5, 5.41) is 9.02. The zero-order chi connectivity index (χ0) is 12.3. The van der Waals surface area contributed by atoms with Gasteiger partial charge in [-0.2, -0.15) is 0 Å². The largest absolute Gasteiger partial charge is 0.481 e. The van der Waals surface area contributed by atoms with Crippen molar-refractivity contribution in [2.45, 2.75) is 46.6 Å².